The highest BCUT2D eigenvalue weighted by Gasteiger charge is 2.46. The number of aryl methyl sites for hydroxylation is 1. The van der Waals surface area contributed by atoms with Crippen LogP contribution in [0.4, 0.5) is 35.4 Å². The standard InChI is InChI=1S/C23H29F3N6O4S2/c1-2-3-11-32-12-7-8-15-13-17(18(14-19(15)32)31-38(34,35)23(24,25)26)27-29-22-30-28-20(37-22)21(33)36-16-9-5-4-6-10-16/h13-14,16,31H,2-12H2,1H3. The van der Waals surface area contributed by atoms with Crippen LogP contribution in [-0.2, 0) is 21.2 Å². The van der Waals surface area contributed by atoms with Gasteiger partial charge in [0.25, 0.3) is 5.13 Å². The van der Waals surface area contributed by atoms with E-state index in [1.54, 1.807) is 4.72 Å². The molecular formula is C23H29F3N6O4S2. The minimum atomic E-state index is -5.70. The second kappa shape index (κ2) is 11.9. The fourth-order valence-corrected chi connectivity index (χ4v) is 5.58. The second-order valence-electron chi connectivity index (χ2n) is 9.25. The number of anilines is 2. The van der Waals surface area contributed by atoms with Crippen LogP contribution in [0.15, 0.2) is 22.4 Å². The zero-order valence-electron chi connectivity index (χ0n) is 20.8. The summed E-state index contributed by atoms with van der Waals surface area (Å²) in [6, 6.07) is 2.90. The van der Waals surface area contributed by atoms with Gasteiger partial charge in [0.15, 0.2) is 0 Å². The number of benzene rings is 1. The summed E-state index contributed by atoms with van der Waals surface area (Å²) in [6.07, 6.45) is 7.82. The molecule has 10 nitrogen and oxygen atoms in total. The quantitative estimate of drug-likeness (QED) is 0.277. The average Bonchev–Trinajstić information content (AvgIpc) is 3.35. The lowest BCUT2D eigenvalue weighted by atomic mass is 9.98. The summed E-state index contributed by atoms with van der Waals surface area (Å²) in [5.74, 6) is -0.615. The number of halogens is 3. The van der Waals surface area contributed by atoms with Crippen LogP contribution < -0.4 is 9.62 Å². The number of sulfonamides is 1. The Labute approximate surface area is 222 Å². The molecule has 0 unspecified atom stereocenters. The van der Waals surface area contributed by atoms with Crippen molar-refractivity contribution in [3.05, 3.63) is 22.7 Å². The maximum atomic E-state index is 13.2. The molecule has 1 N–H and O–H groups in total. The van der Waals surface area contributed by atoms with Gasteiger partial charge >= 0.3 is 21.5 Å². The molecule has 0 radical (unpaired) electrons. The zero-order valence-corrected chi connectivity index (χ0v) is 22.5. The first-order valence-electron chi connectivity index (χ1n) is 12.5. The minimum Gasteiger partial charge on any atom is -0.457 e. The summed E-state index contributed by atoms with van der Waals surface area (Å²) in [6.45, 7) is 3.44. The van der Waals surface area contributed by atoms with Crippen molar-refractivity contribution in [2.45, 2.75) is 76.3 Å². The van der Waals surface area contributed by atoms with Crippen LogP contribution >= 0.6 is 11.3 Å². The summed E-state index contributed by atoms with van der Waals surface area (Å²) in [5, 5.41) is 15.5. The third kappa shape index (κ3) is 6.79. The van der Waals surface area contributed by atoms with E-state index in [1.165, 1.54) is 12.1 Å². The van der Waals surface area contributed by atoms with E-state index in [9.17, 15) is 26.4 Å². The highest BCUT2D eigenvalue weighted by Crippen LogP contribution is 2.40. The number of unbranched alkanes of at least 4 members (excludes halogenated alkanes) is 1. The summed E-state index contributed by atoms with van der Waals surface area (Å²) in [5.41, 5.74) is -4.48. The molecule has 1 aliphatic carbocycles. The topological polar surface area (TPSA) is 126 Å². The molecule has 4 rings (SSSR count). The molecule has 15 heteroatoms. The second-order valence-corrected chi connectivity index (χ2v) is 11.9. The van der Waals surface area contributed by atoms with Gasteiger partial charge in [0, 0.05) is 18.8 Å². The first-order valence-corrected chi connectivity index (χ1v) is 14.8. The molecule has 2 heterocycles. The highest BCUT2D eigenvalue weighted by molar-refractivity contribution is 7.93. The Morgan fingerprint density at radius 2 is 1.95 bits per heavy atom. The zero-order chi connectivity index (χ0) is 27.3. The van der Waals surface area contributed by atoms with Crippen molar-refractivity contribution in [1.29, 1.82) is 0 Å². The van der Waals surface area contributed by atoms with E-state index in [4.69, 9.17) is 4.74 Å². The highest BCUT2D eigenvalue weighted by atomic mass is 32.2. The van der Waals surface area contributed by atoms with Gasteiger partial charge in [-0.05, 0) is 62.6 Å². The Kier molecular flexibility index (Phi) is 8.85. The first-order chi connectivity index (χ1) is 18.1. The number of carbonyl (C=O) groups is 1. The van der Waals surface area contributed by atoms with E-state index in [0.717, 1.165) is 68.3 Å². The number of azo groups is 1. The molecule has 208 valence electrons. The Morgan fingerprint density at radius 3 is 2.66 bits per heavy atom. The molecule has 2 aliphatic rings. The van der Waals surface area contributed by atoms with Crippen LogP contribution in [0.25, 0.3) is 0 Å². The van der Waals surface area contributed by atoms with Gasteiger partial charge in [-0.2, -0.15) is 21.6 Å². The number of carbonyl (C=O) groups excluding carboxylic acids is 1. The molecule has 0 saturated heterocycles. The third-order valence-corrected chi connectivity index (χ3v) is 8.29. The fourth-order valence-electron chi connectivity index (χ4n) is 4.46. The van der Waals surface area contributed by atoms with Gasteiger partial charge in [0.1, 0.15) is 11.8 Å². The third-order valence-electron chi connectivity index (χ3n) is 6.40. The summed E-state index contributed by atoms with van der Waals surface area (Å²) in [4.78, 5) is 14.4. The largest absolute Gasteiger partial charge is 0.516 e. The van der Waals surface area contributed by atoms with Crippen molar-refractivity contribution in [2.75, 3.05) is 22.7 Å². The predicted molar refractivity (Wildman–Crippen MR) is 137 cm³/mol. The van der Waals surface area contributed by atoms with Gasteiger partial charge in [-0.1, -0.05) is 31.1 Å². The van der Waals surface area contributed by atoms with E-state index in [0.29, 0.717) is 25.2 Å². The van der Waals surface area contributed by atoms with Crippen molar-refractivity contribution < 1.29 is 31.1 Å². The Hall–Kier alpha value is -2.81. The molecular weight excluding hydrogens is 545 g/mol. The van der Waals surface area contributed by atoms with Crippen LogP contribution in [0, 0.1) is 0 Å². The van der Waals surface area contributed by atoms with Crippen LogP contribution in [-0.4, -0.2) is 49.3 Å². The molecule has 1 fully saturated rings. The Morgan fingerprint density at radius 1 is 1.18 bits per heavy atom. The summed E-state index contributed by atoms with van der Waals surface area (Å²) >= 11 is 0.826. The van der Waals surface area contributed by atoms with Gasteiger partial charge in [-0.25, -0.2) is 4.79 Å². The lowest BCUT2D eigenvalue weighted by Gasteiger charge is -2.32. The molecule has 2 aromatic rings. The summed E-state index contributed by atoms with van der Waals surface area (Å²) < 4.78 is 70.4. The minimum absolute atomic E-state index is 0.0143. The SMILES string of the molecule is CCCCN1CCCc2cc(N=Nc3nnc(C(=O)OC4CCCCC4)s3)c(NS(=O)(=O)C(F)(F)F)cc21. The molecule has 1 aromatic heterocycles. The van der Waals surface area contributed by atoms with Crippen LogP contribution in [0.2, 0.25) is 0 Å². The van der Waals surface area contributed by atoms with Gasteiger partial charge < -0.3 is 9.64 Å². The first kappa shape index (κ1) is 28.2. The molecule has 38 heavy (non-hydrogen) atoms. The molecule has 0 atom stereocenters. The maximum Gasteiger partial charge on any atom is 0.516 e. The van der Waals surface area contributed by atoms with Crippen molar-refractivity contribution in [1.82, 2.24) is 10.2 Å². The molecule has 0 amide bonds. The van der Waals surface area contributed by atoms with E-state index < -0.39 is 21.5 Å². The van der Waals surface area contributed by atoms with Crippen LogP contribution in [0.5, 0.6) is 0 Å². The molecule has 0 bridgehead atoms. The summed E-state index contributed by atoms with van der Waals surface area (Å²) in [7, 11) is -5.70. The number of hydrogen-bond acceptors (Lipinski definition) is 10. The molecule has 0 spiro atoms. The van der Waals surface area contributed by atoms with Gasteiger partial charge in [0.05, 0.1) is 5.69 Å². The number of esters is 1. The van der Waals surface area contributed by atoms with E-state index in [1.807, 2.05) is 11.8 Å². The Bertz CT molecular complexity index is 1280. The van der Waals surface area contributed by atoms with Gasteiger partial charge in [0.2, 0.25) is 5.01 Å². The van der Waals surface area contributed by atoms with Crippen molar-refractivity contribution in [3.8, 4) is 0 Å². The molecule has 1 saturated carbocycles. The number of aromatic nitrogens is 2. The average molecular weight is 575 g/mol. The maximum absolute atomic E-state index is 13.2. The van der Waals surface area contributed by atoms with Gasteiger partial charge in [-0.3, -0.25) is 4.72 Å². The van der Waals surface area contributed by atoms with E-state index in [2.05, 4.69) is 20.4 Å². The van der Waals surface area contributed by atoms with Crippen molar-refractivity contribution in [2.24, 2.45) is 10.2 Å². The molecule has 1 aliphatic heterocycles. The predicted octanol–water partition coefficient (Wildman–Crippen LogP) is 6.26. The number of nitrogens with one attached hydrogen (secondary N) is 1. The van der Waals surface area contributed by atoms with Crippen LogP contribution in [0.3, 0.4) is 0 Å². The monoisotopic (exact) mass is 574 g/mol. The van der Waals surface area contributed by atoms with E-state index in [-0.39, 0.29) is 27.6 Å². The molecule has 1 aromatic carbocycles. The number of nitrogens with zero attached hydrogens (tertiary/aromatic N) is 5. The van der Waals surface area contributed by atoms with Crippen molar-refractivity contribution >= 4 is 49.5 Å². The number of rotatable bonds is 9. The normalized spacial score (nSPS) is 17.0. The van der Waals surface area contributed by atoms with E-state index >= 15 is 0 Å². The smallest absolute Gasteiger partial charge is 0.457 e. The number of fused-ring (bicyclic) bond motifs is 1. The number of ether oxygens (including phenoxy) is 1. The lowest BCUT2D eigenvalue weighted by Crippen LogP contribution is -2.32. The number of alkyl halides is 3. The lowest BCUT2D eigenvalue weighted by molar-refractivity contribution is -0.0429. The van der Waals surface area contributed by atoms with Gasteiger partial charge in [-0.15, -0.1) is 20.4 Å². The number of hydrogen-bond donors (Lipinski definition) is 1. The fraction of sp³-hybridized carbons (Fsp3) is 0.609. The van der Waals surface area contributed by atoms with Crippen molar-refractivity contribution in [3.63, 3.8) is 0 Å². The van der Waals surface area contributed by atoms with Crippen LogP contribution in [0.1, 0.15) is 73.7 Å². The Balaban J connectivity index is 1.60.